The van der Waals surface area contributed by atoms with Gasteiger partial charge in [-0.15, -0.1) is 0 Å². The van der Waals surface area contributed by atoms with E-state index in [0.717, 1.165) is 5.56 Å². The molecule has 0 aliphatic heterocycles. The van der Waals surface area contributed by atoms with E-state index in [0.29, 0.717) is 23.7 Å². The topological polar surface area (TPSA) is 86.9 Å². The quantitative estimate of drug-likeness (QED) is 0.762. The van der Waals surface area contributed by atoms with Crippen molar-refractivity contribution in [3.05, 3.63) is 41.6 Å². The molecule has 1 aromatic carbocycles. The highest BCUT2D eigenvalue weighted by molar-refractivity contribution is 7.92. The number of rotatable bonds is 6. The molecule has 0 saturated heterocycles. The van der Waals surface area contributed by atoms with Gasteiger partial charge in [-0.05, 0) is 30.7 Å². The molecule has 114 valence electrons. The van der Waals surface area contributed by atoms with Crippen molar-refractivity contribution in [3.63, 3.8) is 0 Å². The monoisotopic (exact) mass is 308 g/mol. The van der Waals surface area contributed by atoms with E-state index in [1.54, 1.807) is 19.2 Å². The lowest BCUT2D eigenvalue weighted by Crippen LogP contribution is -2.17. The number of sulfonamides is 1. The van der Waals surface area contributed by atoms with E-state index in [2.05, 4.69) is 34.1 Å². The third kappa shape index (κ3) is 3.62. The van der Waals surface area contributed by atoms with Crippen LogP contribution in [-0.2, 0) is 16.6 Å². The fraction of sp³-hybridized carbons (Fsp3) is 0.357. The molecule has 0 atom stereocenters. The van der Waals surface area contributed by atoms with Gasteiger partial charge in [-0.25, -0.2) is 0 Å². The maximum atomic E-state index is 12.4. The summed E-state index contributed by atoms with van der Waals surface area (Å²) in [7, 11) is -1.91. The Morgan fingerprint density at radius 2 is 1.90 bits per heavy atom. The van der Waals surface area contributed by atoms with Gasteiger partial charge >= 0.3 is 0 Å². The van der Waals surface area contributed by atoms with E-state index in [4.69, 9.17) is 0 Å². The number of nitrogens with zero attached hydrogens (tertiary/aromatic N) is 1. The standard InChI is InChI=1S/C14H20N4O2S/c1-10(2)11-4-6-13(7-5-11)18-21(19,20)14-12(8-15-3)9-16-17-14/h4-7,9-10,15,18H,8H2,1-3H3,(H,16,17). The zero-order valence-electron chi connectivity index (χ0n) is 12.3. The highest BCUT2D eigenvalue weighted by atomic mass is 32.2. The molecule has 0 saturated carbocycles. The van der Waals surface area contributed by atoms with Gasteiger partial charge in [0.25, 0.3) is 10.0 Å². The summed E-state index contributed by atoms with van der Waals surface area (Å²) in [6.45, 7) is 4.61. The molecule has 2 aromatic rings. The van der Waals surface area contributed by atoms with E-state index in [-0.39, 0.29) is 5.03 Å². The number of hydrogen-bond donors (Lipinski definition) is 3. The van der Waals surface area contributed by atoms with Crippen LogP contribution in [0.15, 0.2) is 35.5 Å². The lowest BCUT2D eigenvalue weighted by molar-refractivity contribution is 0.595. The molecule has 0 aliphatic rings. The lowest BCUT2D eigenvalue weighted by atomic mass is 10.0. The molecule has 2 rings (SSSR count). The second-order valence-corrected chi connectivity index (χ2v) is 6.76. The van der Waals surface area contributed by atoms with Crippen molar-refractivity contribution in [1.29, 1.82) is 0 Å². The number of hydrogen-bond acceptors (Lipinski definition) is 4. The van der Waals surface area contributed by atoms with Crippen LogP contribution in [0, 0.1) is 0 Å². The first-order valence-electron chi connectivity index (χ1n) is 6.73. The number of nitrogens with one attached hydrogen (secondary N) is 3. The molecule has 0 amide bonds. The van der Waals surface area contributed by atoms with Crippen molar-refractivity contribution < 1.29 is 8.42 Å². The Kier molecular flexibility index (Phi) is 4.64. The predicted octanol–water partition coefficient (Wildman–Crippen LogP) is 2.05. The Morgan fingerprint density at radius 3 is 2.48 bits per heavy atom. The summed E-state index contributed by atoms with van der Waals surface area (Å²) >= 11 is 0. The fourth-order valence-electron chi connectivity index (χ4n) is 1.99. The smallest absolute Gasteiger partial charge is 0.279 e. The molecule has 6 nitrogen and oxygen atoms in total. The Balaban J connectivity index is 2.22. The molecule has 0 unspecified atom stereocenters. The van der Waals surface area contributed by atoms with Crippen molar-refractivity contribution in [3.8, 4) is 0 Å². The largest absolute Gasteiger partial charge is 0.316 e. The van der Waals surface area contributed by atoms with Gasteiger partial charge in [-0.2, -0.15) is 13.5 Å². The molecule has 1 aromatic heterocycles. The lowest BCUT2D eigenvalue weighted by Gasteiger charge is -2.10. The molecule has 1 heterocycles. The first-order chi connectivity index (χ1) is 9.94. The zero-order chi connectivity index (χ0) is 15.5. The van der Waals surface area contributed by atoms with Crippen LogP contribution in [0.2, 0.25) is 0 Å². The summed E-state index contributed by atoms with van der Waals surface area (Å²) in [5, 5.41) is 9.34. The first-order valence-corrected chi connectivity index (χ1v) is 8.22. The maximum absolute atomic E-state index is 12.4. The van der Waals surface area contributed by atoms with Gasteiger partial charge in [0.05, 0.1) is 6.20 Å². The third-order valence-corrected chi connectivity index (χ3v) is 4.54. The van der Waals surface area contributed by atoms with Gasteiger partial charge in [0.1, 0.15) is 0 Å². The normalized spacial score (nSPS) is 11.8. The summed E-state index contributed by atoms with van der Waals surface area (Å²) in [6.07, 6.45) is 1.51. The minimum absolute atomic E-state index is 0.0878. The van der Waals surface area contributed by atoms with Crippen LogP contribution in [-0.4, -0.2) is 25.7 Å². The number of anilines is 1. The highest BCUT2D eigenvalue weighted by Gasteiger charge is 2.20. The van der Waals surface area contributed by atoms with E-state index in [1.165, 1.54) is 6.20 Å². The van der Waals surface area contributed by atoms with Crippen LogP contribution in [0.25, 0.3) is 0 Å². The minimum atomic E-state index is -3.66. The number of aromatic amines is 1. The van der Waals surface area contributed by atoms with Crippen LogP contribution < -0.4 is 10.0 Å². The molecular weight excluding hydrogens is 288 g/mol. The number of benzene rings is 1. The first kappa shape index (κ1) is 15.5. The van der Waals surface area contributed by atoms with Crippen LogP contribution in [0.3, 0.4) is 0 Å². The van der Waals surface area contributed by atoms with Crippen molar-refractivity contribution in [2.75, 3.05) is 11.8 Å². The zero-order valence-corrected chi connectivity index (χ0v) is 13.2. The molecule has 0 radical (unpaired) electrons. The molecule has 0 aliphatic carbocycles. The van der Waals surface area contributed by atoms with Crippen molar-refractivity contribution in [2.24, 2.45) is 0 Å². The second kappa shape index (κ2) is 6.28. The predicted molar refractivity (Wildman–Crippen MR) is 82.7 cm³/mol. The van der Waals surface area contributed by atoms with Crippen molar-refractivity contribution in [1.82, 2.24) is 15.5 Å². The van der Waals surface area contributed by atoms with Gasteiger partial charge in [0, 0.05) is 17.8 Å². The summed E-state index contributed by atoms with van der Waals surface area (Å²) < 4.78 is 27.3. The van der Waals surface area contributed by atoms with Gasteiger partial charge in [0.2, 0.25) is 0 Å². The van der Waals surface area contributed by atoms with Crippen LogP contribution in [0.4, 0.5) is 5.69 Å². The molecule has 0 fully saturated rings. The Labute approximate surface area is 125 Å². The fourth-order valence-corrected chi connectivity index (χ4v) is 3.18. The molecular formula is C14H20N4O2S. The minimum Gasteiger partial charge on any atom is -0.316 e. The highest BCUT2D eigenvalue weighted by Crippen LogP contribution is 2.20. The van der Waals surface area contributed by atoms with Crippen molar-refractivity contribution in [2.45, 2.75) is 31.3 Å². The van der Waals surface area contributed by atoms with E-state index < -0.39 is 10.0 Å². The summed E-state index contributed by atoms with van der Waals surface area (Å²) in [4.78, 5) is 0. The molecule has 3 N–H and O–H groups in total. The summed E-state index contributed by atoms with van der Waals surface area (Å²) in [5.41, 5.74) is 2.29. The Morgan fingerprint density at radius 1 is 1.24 bits per heavy atom. The average Bonchev–Trinajstić information content (AvgIpc) is 2.88. The second-order valence-electron chi connectivity index (χ2n) is 5.14. The molecule has 7 heteroatoms. The van der Waals surface area contributed by atoms with Gasteiger partial charge in [0.15, 0.2) is 5.03 Å². The number of H-pyrrole nitrogens is 1. The van der Waals surface area contributed by atoms with E-state index >= 15 is 0 Å². The van der Waals surface area contributed by atoms with Gasteiger partial charge in [-0.1, -0.05) is 26.0 Å². The van der Waals surface area contributed by atoms with Gasteiger partial charge < -0.3 is 5.32 Å². The number of aromatic nitrogens is 2. The SMILES string of the molecule is CNCc1cn[nH]c1S(=O)(=O)Nc1ccc(C(C)C)cc1. The van der Waals surface area contributed by atoms with E-state index in [1.807, 2.05) is 12.1 Å². The van der Waals surface area contributed by atoms with Crippen LogP contribution in [0.5, 0.6) is 0 Å². The molecule has 21 heavy (non-hydrogen) atoms. The van der Waals surface area contributed by atoms with E-state index in [9.17, 15) is 8.42 Å². The van der Waals surface area contributed by atoms with Crippen molar-refractivity contribution >= 4 is 15.7 Å². The maximum Gasteiger partial charge on any atom is 0.279 e. The molecule has 0 bridgehead atoms. The Bertz CT molecular complexity index is 690. The summed E-state index contributed by atoms with van der Waals surface area (Å²) in [5.74, 6) is 0.408. The van der Waals surface area contributed by atoms with Crippen LogP contribution >= 0.6 is 0 Å². The van der Waals surface area contributed by atoms with Crippen LogP contribution in [0.1, 0.15) is 30.9 Å². The summed E-state index contributed by atoms with van der Waals surface area (Å²) in [6, 6.07) is 7.37. The third-order valence-electron chi connectivity index (χ3n) is 3.14. The Hall–Kier alpha value is -1.86. The van der Waals surface area contributed by atoms with Gasteiger partial charge in [-0.3, -0.25) is 9.82 Å². The molecule has 0 spiro atoms. The average molecular weight is 308 g/mol.